The fraction of sp³-hybridized carbons (Fsp3) is 0. The molecule has 0 saturated carbocycles. The number of aromatic nitrogens is 1. The van der Waals surface area contributed by atoms with Gasteiger partial charge in [0.1, 0.15) is 0 Å². The van der Waals surface area contributed by atoms with E-state index in [0.29, 0.717) is 10.6 Å². The van der Waals surface area contributed by atoms with Crippen LogP contribution in [0.5, 0.6) is 0 Å². The number of benzene rings is 2. The molecule has 0 aliphatic rings. The first-order valence-corrected chi connectivity index (χ1v) is 7.67. The molecule has 110 valence electrons. The highest BCUT2D eigenvalue weighted by Crippen LogP contribution is 2.21. The van der Waals surface area contributed by atoms with Crippen molar-refractivity contribution in [3.05, 3.63) is 69.3 Å². The van der Waals surface area contributed by atoms with Gasteiger partial charge in [-0.05, 0) is 30.3 Å². The van der Waals surface area contributed by atoms with Crippen LogP contribution in [0.15, 0.2) is 58.2 Å². The second-order valence-corrected chi connectivity index (χ2v) is 5.94. The number of nitrogens with one attached hydrogen (secondary N) is 2. The minimum atomic E-state index is -0.345. The van der Waals surface area contributed by atoms with E-state index in [1.807, 2.05) is 24.4 Å². The third-order valence-electron chi connectivity index (χ3n) is 3.16. The van der Waals surface area contributed by atoms with Gasteiger partial charge in [-0.2, -0.15) is 5.10 Å². The zero-order valence-corrected chi connectivity index (χ0v) is 13.6. The van der Waals surface area contributed by atoms with Crippen LogP contribution in [0, 0.1) is 0 Å². The van der Waals surface area contributed by atoms with Gasteiger partial charge in [-0.15, -0.1) is 0 Å². The summed E-state index contributed by atoms with van der Waals surface area (Å²) in [5.41, 5.74) is 4.76. The quantitative estimate of drug-likeness (QED) is 0.518. The molecule has 0 radical (unpaired) electrons. The molecule has 6 heteroatoms. The minimum absolute atomic E-state index is 0.345. The molecule has 3 aromatic rings. The number of H-pyrrole nitrogens is 1. The molecular weight excluding hydrogens is 366 g/mol. The summed E-state index contributed by atoms with van der Waals surface area (Å²) in [6, 6.07) is 12.8. The number of rotatable bonds is 3. The Hall–Kier alpha value is -2.11. The molecule has 4 nitrogen and oxygen atoms in total. The van der Waals surface area contributed by atoms with Crippen LogP contribution in [0.4, 0.5) is 0 Å². The van der Waals surface area contributed by atoms with Gasteiger partial charge in [-0.3, -0.25) is 4.79 Å². The average molecular weight is 377 g/mol. The molecule has 1 aromatic heterocycles. The van der Waals surface area contributed by atoms with Gasteiger partial charge in [0, 0.05) is 27.1 Å². The molecule has 0 fully saturated rings. The summed E-state index contributed by atoms with van der Waals surface area (Å²) in [6.45, 7) is 0. The van der Waals surface area contributed by atoms with E-state index in [9.17, 15) is 4.79 Å². The van der Waals surface area contributed by atoms with Crippen molar-refractivity contribution in [1.82, 2.24) is 10.4 Å². The predicted octanol–water partition coefficient (Wildman–Crippen LogP) is 4.35. The molecule has 0 aliphatic carbocycles. The van der Waals surface area contributed by atoms with Gasteiger partial charge in [-0.25, -0.2) is 5.43 Å². The highest BCUT2D eigenvalue weighted by atomic mass is 79.9. The molecule has 1 amide bonds. The molecule has 1 heterocycles. The van der Waals surface area contributed by atoms with Gasteiger partial charge in [0.15, 0.2) is 0 Å². The largest absolute Gasteiger partial charge is 0.361 e. The first-order chi connectivity index (χ1) is 10.6. The van der Waals surface area contributed by atoms with Gasteiger partial charge in [0.05, 0.1) is 16.8 Å². The number of amides is 1. The number of aromatic amines is 1. The lowest BCUT2D eigenvalue weighted by Crippen LogP contribution is -2.17. The number of fused-ring (bicyclic) bond motifs is 1. The number of carbonyl (C=O) groups is 1. The maximum Gasteiger partial charge on any atom is 0.272 e. The standard InChI is InChI=1S/C16H11BrClN3O/c17-11-5-6-15-13(7-11)10(8-19-15)9-20-21-16(22)12-3-1-2-4-14(12)18/h1-9,19H,(H,21,22)/b20-9+. The van der Waals surface area contributed by atoms with E-state index in [1.165, 1.54) is 0 Å². The molecule has 22 heavy (non-hydrogen) atoms. The van der Waals surface area contributed by atoms with Crippen molar-refractivity contribution in [1.29, 1.82) is 0 Å². The highest BCUT2D eigenvalue weighted by molar-refractivity contribution is 9.10. The Morgan fingerprint density at radius 2 is 2.09 bits per heavy atom. The van der Waals surface area contributed by atoms with E-state index in [4.69, 9.17) is 11.6 Å². The molecule has 2 N–H and O–H groups in total. The maximum absolute atomic E-state index is 12.0. The van der Waals surface area contributed by atoms with E-state index >= 15 is 0 Å². The summed E-state index contributed by atoms with van der Waals surface area (Å²) in [4.78, 5) is 15.1. The van der Waals surface area contributed by atoms with E-state index in [1.54, 1.807) is 30.5 Å². The third-order valence-corrected chi connectivity index (χ3v) is 3.99. The Morgan fingerprint density at radius 1 is 1.27 bits per heavy atom. The van der Waals surface area contributed by atoms with E-state index in [2.05, 4.69) is 31.4 Å². The topological polar surface area (TPSA) is 57.2 Å². The average Bonchev–Trinajstić information content (AvgIpc) is 2.90. The van der Waals surface area contributed by atoms with E-state index in [0.717, 1.165) is 20.9 Å². The van der Waals surface area contributed by atoms with Crippen LogP contribution >= 0.6 is 27.5 Å². The van der Waals surface area contributed by atoms with Gasteiger partial charge >= 0.3 is 0 Å². The van der Waals surface area contributed by atoms with Crippen molar-refractivity contribution in [3.63, 3.8) is 0 Å². The van der Waals surface area contributed by atoms with Crippen LogP contribution in [0.3, 0.4) is 0 Å². The lowest BCUT2D eigenvalue weighted by atomic mass is 10.2. The smallest absolute Gasteiger partial charge is 0.272 e. The third kappa shape index (κ3) is 3.05. The second-order valence-electron chi connectivity index (χ2n) is 4.61. The second kappa shape index (κ2) is 6.34. The highest BCUT2D eigenvalue weighted by Gasteiger charge is 2.08. The van der Waals surface area contributed by atoms with Crippen LogP contribution in [0.25, 0.3) is 10.9 Å². The van der Waals surface area contributed by atoms with Crippen LogP contribution in [-0.4, -0.2) is 17.1 Å². The molecular formula is C16H11BrClN3O. The minimum Gasteiger partial charge on any atom is -0.361 e. The maximum atomic E-state index is 12.0. The molecule has 0 bridgehead atoms. The fourth-order valence-corrected chi connectivity index (χ4v) is 2.67. The van der Waals surface area contributed by atoms with Gasteiger partial charge in [0.25, 0.3) is 5.91 Å². The monoisotopic (exact) mass is 375 g/mol. The fourth-order valence-electron chi connectivity index (χ4n) is 2.09. The predicted molar refractivity (Wildman–Crippen MR) is 92.5 cm³/mol. The van der Waals surface area contributed by atoms with Crippen molar-refractivity contribution in [2.75, 3.05) is 0 Å². The van der Waals surface area contributed by atoms with Crippen molar-refractivity contribution in [2.24, 2.45) is 5.10 Å². The van der Waals surface area contributed by atoms with Gasteiger partial charge in [-0.1, -0.05) is 39.7 Å². The Kier molecular flexibility index (Phi) is 4.27. The van der Waals surface area contributed by atoms with Crippen LogP contribution in [-0.2, 0) is 0 Å². The number of hydrogen-bond donors (Lipinski definition) is 2. The molecule has 2 aromatic carbocycles. The molecule has 0 aliphatic heterocycles. The summed E-state index contributed by atoms with van der Waals surface area (Å²) < 4.78 is 0.981. The van der Waals surface area contributed by atoms with Crippen LogP contribution in [0.2, 0.25) is 5.02 Å². The summed E-state index contributed by atoms with van der Waals surface area (Å²) in [5, 5.41) is 5.41. The first-order valence-electron chi connectivity index (χ1n) is 6.50. The number of hydrogen-bond acceptors (Lipinski definition) is 2. The Morgan fingerprint density at radius 3 is 2.91 bits per heavy atom. The van der Waals surface area contributed by atoms with Crippen molar-refractivity contribution < 1.29 is 4.79 Å². The van der Waals surface area contributed by atoms with Crippen molar-refractivity contribution in [3.8, 4) is 0 Å². The molecule has 0 saturated heterocycles. The molecule has 0 atom stereocenters. The molecule has 3 rings (SSSR count). The summed E-state index contributed by atoms with van der Waals surface area (Å²) >= 11 is 9.41. The normalized spacial score (nSPS) is 11.2. The van der Waals surface area contributed by atoms with Crippen LogP contribution in [0.1, 0.15) is 15.9 Å². The Balaban J connectivity index is 1.78. The lowest BCUT2D eigenvalue weighted by molar-refractivity contribution is 0.0955. The number of hydrazone groups is 1. The molecule has 0 unspecified atom stereocenters. The van der Waals surface area contributed by atoms with E-state index in [-0.39, 0.29) is 5.91 Å². The molecule has 0 spiro atoms. The SMILES string of the molecule is O=C(N/N=C/c1c[nH]c2ccc(Br)cc12)c1ccccc1Cl. The summed E-state index contributed by atoms with van der Waals surface area (Å²) in [6.07, 6.45) is 3.43. The first kappa shape index (κ1) is 14.8. The summed E-state index contributed by atoms with van der Waals surface area (Å²) in [5.74, 6) is -0.345. The van der Waals surface area contributed by atoms with Gasteiger partial charge < -0.3 is 4.98 Å². The summed E-state index contributed by atoms with van der Waals surface area (Å²) in [7, 11) is 0. The zero-order valence-electron chi connectivity index (χ0n) is 11.3. The van der Waals surface area contributed by atoms with E-state index < -0.39 is 0 Å². The van der Waals surface area contributed by atoms with Crippen molar-refractivity contribution in [2.45, 2.75) is 0 Å². The lowest BCUT2D eigenvalue weighted by Gasteiger charge is -2.01. The number of carbonyl (C=O) groups excluding carboxylic acids is 1. The Bertz CT molecular complexity index is 873. The number of nitrogens with zero attached hydrogens (tertiary/aromatic N) is 1. The van der Waals surface area contributed by atoms with Crippen molar-refractivity contribution >= 4 is 50.6 Å². The zero-order chi connectivity index (χ0) is 15.5. The van der Waals surface area contributed by atoms with Gasteiger partial charge in [0.2, 0.25) is 0 Å². The Labute approximate surface area is 140 Å². The van der Waals surface area contributed by atoms with Crippen LogP contribution < -0.4 is 5.43 Å². The number of halogens is 2.